The van der Waals surface area contributed by atoms with E-state index in [1.165, 1.54) is 0 Å². The number of nitrogens with zero attached hydrogens (tertiary/aromatic N) is 1. The quantitative estimate of drug-likeness (QED) is 0.115. The number of carbonyl (C=O) groups excluding carboxylic acids is 4. The molecule has 6 aliphatic rings. The predicted molar refractivity (Wildman–Crippen MR) is 257 cm³/mol. The summed E-state index contributed by atoms with van der Waals surface area (Å²) in [6.45, 7) is 24.2. The molecular formula is C56H72BNO9. The van der Waals surface area contributed by atoms with Crippen LogP contribution < -0.4 is 10.2 Å². The van der Waals surface area contributed by atoms with Crippen LogP contribution >= 0.6 is 0 Å². The third kappa shape index (κ3) is 8.24. The zero-order chi connectivity index (χ0) is 48.6. The van der Waals surface area contributed by atoms with Crippen LogP contribution in [0.2, 0.25) is 0 Å². The van der Waals surface area contributed by atoms with Gasteiger partial charge < -0.3 is 23.5 Å². The standard InChI is InChI=1S/C56H72BNO9/c1-49(2)25-27-56(28-26-55(11)45(41(56)33-49)42(59)31-44-53(9)32-38(34-58)46(60)50(3,4)43(53)23-24-54(44,55)10)48(62)64-30-14-12-13-29-63-47(61)37-17-21-40(22-18-37)65-35-36-15-19-39(20-16-36)57-66-51(5,6)52(7,8)67-57/h15-22,31-32,41,43,45H,12-14,23-30,33,35H2,1-11H3/t41-,43-,45-,53-,54+,55+,56-/m0/s1. The van der Waals surface area contributed by atoms with Crippen LogP contribution in [0.3, 0.4) is 0 Å². The molecule has 67 heavy (non-hydrogen) atoms. The smallest absolute Gasteiger partial charge is 0.489 e. The van der Waals surface area contributed by atoms with E-state index < -0.39 is 45.9 Å². The monoisotopic (exact) mass is 914 g/mol. The fourth-order valence-corrected chi connectivity index (χ4v) is 13.5. The third-order valence-electron chi connectivity index (χ3n) is 18.5. The van der Waals surface area contributed by atoms with Gasteiger partial charge in [0, 0.05) is 16.7 Å². The fourth-order valence-electron chi connectivity index (χ4n) is 13.5. The van der Waals surface area contributed by atoms with Gasteiger partial charge in [-0.25, -0.2) is 4.79 Å². The van der Waals surface area contributed by atoms with Crippen LogP contribution in [0.15, 0.2) is 71.8 Å². The number of carbonyl (C=O) groups is 4. The van der Waals surface area contributed by atoms with Gasteiger partial charge in [-0.2, -0.15) is 5.26 Å². The van der Waals surface area contributed by atoms with Gasteiger partial charge in [0.15, 0.2) is 11.6 Å². The molecule has 1 heterocycles. The highest BCUT2D eigenvalue weighted by Crippen LogP contribution is 2.74. The number of rotatable bonds is 12. The third-order valence-corrected chi connectivity index (χ3v) is 18.5. The lowest BCUT2D eigenvalue weighted by molar-refractivity contribution is -0.193. The molecule has 4 fully saturated rings. The second kappa shape index (κ2) is 17.2. The van der Waals surface area contributed by atoms with Crippen molar-refractivity contribution in [3.8, 4) is 11.8 Å². The SMILES string of the molecule is CC1(C)CC[C@]2(C(=O)OCCCCCOC(=O)c3ccc(OCc4ccc(B5OC(C)(C)C(C)(C)O5)cc4)cc3)CC[C@]3(C)[C@H](C(=O)C=C4[C@@]5(C)C=C(C#N)C(=O)C(C)(C)[C@@H]5CC[C@]43C)[C@@H]2C1. The Morgan fingerprint density at radius 1 is 0.776 bits per heavy atom. The van der Waals surface area contributed by atoms with Crippen molar-refractivity contribution in [1.82, 2.24) is 0 Å². The largest absolute Gasteiger partial charge is 0.494 e. The molecule has 0 amide bonds. The van der Waals surface area contributed by atoms with Gasteiger partial charge in [-0.05, 0) is 161 Å². The summed E-state index contributed by atoms with van der Waals surface area (Å²) in [5.74, 6) is -0.483. The molecule has 0 unspecified atom stereocenters. The molecule has 0 radical (unpaired) electrons. The van der Waals surface area contributed by atoms with E-state index in [1.807, 2.05) is 78.0 Å². The summed E-state index contributed by atoms with van der Waals surface area (Å²) in [5.41, 5.74) is -0.00761. The zero-order valence-electron chi connectivity index (χ0n) is 41.9. The van der Waals surface area contributed by atoms with Crippen molar-refractivity contribution in [3.63, 3.8) is 0 Å². The lowest BCUT2D eigenvalue weighted by Gasteiger charge is -2.68. The number of ketones is 2. The Hall–Kier alpha value is -4.53. The lowest BCUT2D eigenvalue weighted by atomic mass is 9.34. The predicted octanol–water partition coefficient (Wildman–Crippen LogP) is 10.7. The van der Waals surface area contributed by atoms with Crippen LogP contribution in [0.5, 0.6) is 5.75 Å². The van der Waals surface area contributed by atoms with Crippen molar-refractivity contribution in [1.29, 1.82) is 5.26 Å². The number of Topliss-reactive ketones (excluding diaryl/α,β-unsaturated/α-hetero) is 1. The maximum absolute atomic E-state index is 14.9. The number of esters is 2. The van der Waals surface area contributed by atoms with E-state index in [0.717, 1.165) is 55.1 Å². The molecule has 2 aromatic carbocycles. The lowest BCUT2D eigenvalue weighted by Crippen LogP contribution is -2.66. The summed E-state index contributed by atoms with van der Waals surface area (Å²) in [6.07, 6.45) is 11.2. The van der Waals surface area contributed by atoms with Crippen LogP contribution in [-0.4, -0.2) is 55.0 Å². The van der Waals surface area contributed by atoms with Crippen molar-refractivity contribution >= 4 is 36.1 Å². The van der Waals surface area contributed by atoms with Crippen LogP contribution in [0.25, 0.3) is 0 Å². The highest BCUT2D eigenvalue weighted by molar-refractivity contribution is 6.62. The van der Waals surface area contributed by atoms with E-state index in [-0.39, 0.29) is 64.9 Å². The Kier molecular flexibility index (Phi) is 12.5. The maximum atomic E-state index is 14.9. The van der Waals surface area contributed by atoms with Gasteiger partial charge in [0.25, 0.3) is 0 Å². The molecule has 0 bridgehead atoms. The molecule has 10 nitrogen and oxygen atoms in total. The normalized spacial score (nSPS) is 33.1. The van der Waals surface area contributed by atoms with Crippen LogP contribution in [0.4, 0.5) is 0 Å². The van der Waals surface area contributed by atoms with E-state index >= 15 is 0 Å². The van der Waals surface area contributed by atoms with Crippen molar-refractivity contribution in [2.75, 3.05) is 13.2 Å². The molecule has 358 valence electrons. The first-order chi connectivity index (χ1) is 31.3. The number of allylic oxidation sites excluding steroid dienone is 4. The van der Waals surface area contributed by atoms with Crippen molar-refractivity contribution in [2.45, 2.75) is 158 Å². The molecular weight excluding hydrogens is 841 g/mol. The number of hydrogen-bond donors (Lipinski definition) is 0. The molecule has 1 saturated heterocycles. The molecule has 1 aliphatic heterocycles. The molecule has 2 aromatic rings. The summed E-state index contributed by atoms with van der Waals surface area (Å²) >= 11 is 0. The fraction of sp³-hybridized carbons (Fsp3) is 0.625. The summed E-state index contributed by atoms with van der Waals surface area (Å²) in [6, 6.07) is 17.1. The van der Waals surface area contributed by atoms with Crippen LogP contribution in [-0.2, 0) is 39.8 Å². The molecule has 11 heteroatoms. The molecule has 0 spiro atoms. The zero-order valence-corrected chi connectivity index (χ0v) is 41.9. The number of hydrogen-bond acceptors (Lipinski definition) is 10. The Morgan fingerprint density at radius 2 is 1.40 bits per heavy atom. The van der Waals surface area contributed by atoms with Gasteiger partial charge in [0.1, 0.15) is 18.4 Å². The second-order valence-electron chi connectivity index (χ2n) is 23.9. The first-order valence-electron chi connectivity index (χ1n) is 24.8. The molecule has 8 rings (SSSR count). The number of benzene rings is 2. The minimum Gasteiger partial charge on any atom is -0.489 e. The van der Waals surface area contributed by atoms with Gasteiger partial charge in [-0.15, -0.1) is 0 Å². The van der Waals surface area contributed by atoms with Crippen LogP contribution in [0, 0.1) is 61.6 Å². The minimum absolute atomic E-state index is 0.0224. The van der Waals surface area contributed by atoms with Gasteiger partial charge in [-0.3, -0.25) is 14.4 Å². The van der Waals surface area contributed by atoms with Gasteiger partial charge in [0.2, 0.25) is 0 Å². The van der Waals surface area contributed by atoms with E-state index in [1.54, 1.807) is 24.3 Å². The van der Waals surface area contributed by atoms with Gasteiger partial charge in [0.05, 0.1) is 41.0 Å². The number of unbranched alkanes of at least 4 members (excludes halogenated alkanes) is 2. The number of fused-ring (bicyclic) bond motifs is 7. The molecule has 0 N–H and O–H groups in total. The first-order valence-corrected chi connectivity index (χ1v) is 24.8. The van der Waals surface area contributed by atoms with E-state index in [4.69, 9.17) is 23.5 Å². The average molecular weight is 914 g/mol. The van der Waals surface area contributed by atoms with Crippen molar-refractivity contribution < 1.29 is 42.7 Å². The summed E-state index contributed by atoms with van der Waals surface area (Å²) in [7, 11) is -0.417. The maximum Gasteiger partial charge on any atom is 0.494 e. The second-order valence-corrected chi connectivity index (χ2v) is 23.9. The Labute approximate surface area is 399 Å². The van der Waals surface area contributed by atoms with Crippen LogP contribution in [0.1, 0.15) is 156 Å². The topological polar surface area (TPSA) is 138 Å². The average Bonchev–Trinajstić information content (AvgIpc) is 3.50. The van der Waals surface area contributed by atoms with Gasteiger partial charge in [-0.1, -0.05) is 84.4 Å². The van der Waals surface area contributed by atoms with E-state index in [2.05, 4.69) is 40.7 Å². The number of nitriles is 1. The Bertz CT molecular complexity index is 2390. The summed E-state index contributed by atoms with van der Waals surface area (Å²) in [5, 5.41) is 10.1. The van der Waals surface area contributed by atoms with E-state index in [9.17, 15) is 24.4 Å². The summed E-state index contributed by atoms with van der Waals surface area (Å²) < 4.78 is 30.1. The molecule has 3 saturated carbocycles. The molecule has 7 atom stereocenters. The van der Waals surface area contributed by atoms with Crippen molar-refractivity contribution in [3.05, 3.63) is 83.0 Å². The first kappa shape index (κ1) is 48.9. The minimum atomic E-state index is -0.733. The molecule has 5 aliphatic carbocycles. The molecule has 0 aromatic heterocycles. The number of ether oxygens (including phenoxy) is 3. The Balaban J connectivity index is 0.829. The van der Waals surface area contributed by atoms with Crippen molar-refractivity contribution in [2.24, 2.45) is 50.2 Å². The van der Waals surface area contributed by atoms with E-state index in [0.29, 0.717) is 43.6 Å². The Morgan fingerprint density at radius 3 is 2.04 bits per heavy atom. The highest BCUT2D eigenvalue weighted by atomic mass is 16.7. The van der Waals surface area contributed by atoms with Gasteiger partial charge >= 0.3 is 19.1 Å². The summed E-state index contributed by atoms with van der Waals surface area (Å²) in [4.78, 5) is 55.7. The highest BCUT2D eigenvalue weighted by Gasteiger charge is 2.71.